The van der Waals surface area contributed by atoms with Crippen molar-refractivity contribution in [2.45, 2.75) is 13.3 Å². The summed E-state index contributed by atoms with van der Waals surface area (Å²) in [7, 11) is 1.60. The van der Waals surface area contributed by atoms with Crippen molar-refractivity contribution in [1.82, 2.24) is 19.9 Å². The van der Waals surface area contributed by atoms with Crippen LogP contribution < -0.4 is 4.74 Å². The smallest absolute Gasteiger partial charge is 0.237 e. The summed E-state index contributed by atoms with van der Waals surface area (Å²) < 4.78 is 5.31. The fourth-order valence-corrected chi connectivity index (χ4v) is 2.03. The van der Waals surface area contributed by atoms with Gasteiger partial charge in [0.25, 0.3) is 0 Å². The molecule has 5 nitrogen and oxygen atoms in total. The number of nitrogens with zero attached hydrogens (tertiary/aromatic N) is 3. The van der Waals surface area contributed by atoms with Gasteiger partial charge in [0, 0.05) is 6.42 Å². The van der Waals surface area contributed by atoms with Gasteiger partial charge >= 0.3 is 0 Å². The Labute approximate surface area is 110 Å². The van der Waals surface area contributed by atoms with Crippen LogP contribution in [-0.4, -0.2) is 27.0 Å². The summed E-state index contributed by atoms with van der Waals surface area (Å²) >= 11 is 0. The molecule has 0 aliphatic rings. The summed E-state index contributed by atoms with van der Waals surface area (Å²) in [5.41, 5.74) is 3.27. The number of aromatic amines is 1. The Morgan fingerprint density at radius 1 is 1.11 bits per heavy atom. The molecule has 0 unspecified atom stereocenters. The second kappa shape index (κ2) is 4.68. The Morgan fingerprint density at radius 3 is 2.63 bits per heavy atom. The number of ether oxygens (including phenoxy) is 1. The van der Waals surface area contributed by atoms with Crippen LogP contribution in [-0.2, 0) is 6.42 Å². The van der Waals surface area contributed by atoms with Crippen molar-refractivity contribution in [3.05, 3.63) is 47.4 Å². The first-order valence-corrected chi connectivity index (χ1v) is 6.07. The molecule has 2 aromatic heterocycles. The molecule has 0 fully saturated rings. The van der Waals surface area contributed by atoms with Gasteiger partial charge in [-0.1, -0.05) is 30.3 Å². The van der Waals surface area contributed by atoms with E-state index in [1.54, 1.807) is 7.11 Å². The molecule has 3 rings (SSSR count). The average molecular weight is 254 g/mol. The molecule has 0 aliphatic heterocycles. The minimum atomic E-state index is 0.530. The molecule has 0 bridgehead atoms. The van der Waals surface area contributed by atoms with E-state index in [-0.39, 0.29) is 0 Å². The molecular formula is C14H14N4O. The maximum atomic E-state index is 5.31. The van der Waals surface area contributed by atoms with E-state index in [1.165, 1.54) is 5.56 Å². The number of H-pyrrole nitrogens is 1. The van der Waals surface area contributed by atoms with Gasteiger partial charge in [-0.25, -0.2) is 9.97 Å². The standard InChI is InChI=1S/C14H14N4O/c1-9-15-12-13(16-9)18-14(19-2)11(17-12)8-10-6-4-3-5-7-10/h3-7H,8H2,1-2H3,(H,15,16,17,18). The van der Waals surface area contributed by atoms with Crippen LogP contribution in [0.4, 0.5) is 0 Å². The molecule has 1 N–H and O–H groups in total. The van der Waals surface area contributed by atoms with Crippen LogP contribution in [0.25, 0.3) is 11.3 Å². The number of rotatable bonds is 3. The lowest BCUT2D eigenvalue weighted by molar-refractivity contribution is 0.392. The maximum Gasteiger partial charge on any atom is 0.237 e. The van der Waals surface area contributed by atoms with E-state index >= 15 is 0 Å². The van der Waals surface area contributed by atoms with Gasteiger partial charge in [0.15, 0.2) is 5.65 Å². The first-order valence-electron chi connectivity index (χ1n) is 6.07. The van der Waals surface area contributed by atoms with E-state index in [2.05, 4.69) is 32.1 Å². The van der Waals surface area contributed by atoms with E-state index in [9.17, 15) is 0 Å². The van der Waals surface area contributed by atoms with Crippen LogP contribution >= 0.6 is 0 Å². The number of hydrogen-bond donors (Lipinski definition) is 1. The summed E-state index contributed by atoms with van der Waals surface area (Å²) in [5, 5.41) is 0. The van der Waals surface area contributed by atoms with Gasteiger partial charge < -0.3 is 9.72 Å². The Hall–Kier alpha value is -2.43. The molecule has 1 aromatic carbocycles. The van der Waals surface area contributed by atoms with E-state index < -0.39 is 0 Å². The normalized spacial score (nSPS) is 10.8. The zero-order valence-electron chi connectivity index (χ0n) is 10.8. The third-order valence-electron chi connectivity index (χ3n) is 2.89. The van der Waals surface area contributed by atoms with Crippen LogP contribution in [0, 0.1) is 6.92 Å². The molecule has 0 amide bonds. The first-order chi connectivity index (χ1) is 9.26. The summed E-state index contributed by atoms with van der Waals surface area (Å²) in [6, 6.07) is 10.1. The molecule has 19 heavy (non-hydrogen) atoms. The van der Waals surface area contributed by atoms with Gasteiger partial charge in [0.1, 0.15) is 11.5 Å². The van der Waals surface area contributed by atoms with Gasteiger partial charge in [0.05, 0.1) is 7.11 Å². The van der Waals surface area contributed by atoms with Crippen molar-refractivity contribution >= 4 is 11.3 Å². The number of fused-ring (bicyclic) bond motifs is 1. The first kappa shape index (κ1) is 11.6. The Kier molecular flexibility index (Phi) is 2.87. The highest BCUT2D eigenvalue weighted by atomic mass is 16.5. The Morgan fingerprint density at radius 2 is 1.89 bits per heavy atom. The summed E-state index contributed by atoms with van der Waals surface area (Å²) in [5.74, 6) is 1.33. The predicted octanol–water partition coefficient (Wildman–Crippen LogP) is 2.26. The molecule has 0 atom stereocenters. The van der Waals surface area contributed by atoms with Gasteiger partial charge in [-0.05, 0) is 12.5 Å². The van der Waals surface area contributed by atoms with Crippen LogP contribution in [0.5, 0.6) is 5.88 Å². The maximum absolute atomic E-state index is 5.31. The number of aromatic nitrogens is 4. The lowest BCUT2D eigenvalue weighted by atomic mass is 10.1. The Bertz CT molecular complexity index is 706. The number of benzene rings is 1. The topological polar surface area (TPSA) is 63.7 Å². The number of nitrogens with one attached hydrogen (secondary N) is 1. The molecule has 0 radical (unpaired) electrons. The highest BCUT2D eigenvalue weighted by molar-refractivity contribution is 5.66. The van der Waals surface area contributed by atoms with Crippen molar-refractivity contribution in [2.75, 3.05) is 7.11 Å². The molecule has 0 spiro atoms. The number of hydrogen-bond acceptors (Lipinski definition) is 4. The van der Waals surface area contributed by atoms with Crippen LogP contribution in [0.3, 0.4) is 0 Å². The minimum absolute atomic E-state index is 0.530. The number of aryl methyl sites for hydroxylation is 1. The van der Waals surface area contributed by atoms with E-state index in [0.29, 0.717) is 23.6 Å². The molecule has 0 saturated heterocycles. The lowest BCUT2D eigenvalue weighted by Crippen LogP contribution is -2.00. The monoisotopic (exact) mass is 254 g/mol. The van der Waals surface area contributed by atoms with Crippen molar-refractivity contribution in [1.29, 1.82) is 0 Å². The molecule has 0 aliphatic carbocycles. The fraction of sp³-hybridized carbons (Fsp3) is 0.214. The largest absolute Gasteiger partial charge is 0.480 e. The Balaban J connectivity index is 2.06. The van der Waals surface area contributed by atoms with Crippen molar-refractivity contribution in [3.8, 4) is 5.88 Å². The van der Waals surface area contributed by atoms with E-state index in [4.69, 9.17) is 4.74 Å². The van der Waals surface area contributed by atoms with Crippen LogP contribution in [0.2, 0.25) is 0 Å². The van der Waals surface area contributed by atoms with Crippen molar-refractivity contribution in [3.63, 3.8) is 0 Å². The van der Waals surface area contributed by atoms with Gasteiger partial charge in [0.2, 0.25) is 11.5 Å². The lowest BCUT2D eigenvalue weighted by Gasteiger charge is -2.06. The second-order valence-electron chi connectivity index (χ2n) is 4.34. The second-order valence-corrected chi connectivity index (χ2v) is 4.34. The van der Waals surface area contributed by atoms with E-state index in [1.807, 2.05) is 25.1 Å². The zero-order valence-corrected chi connectivity index (χ0v) is 10.8. The quantitative estimate of drug-likeness (QED) is 0.778. The van der Waals surface area contributed by atoms with Crippen molar-refractivity contribution in [2.24, 2.45) is 0 Å². The summed E-state index contributed by atoms with van der Waals surface area (Å²) in [6.07, 6.45) is 0.686. The SMILES string of the molecule is COc1nc2nc(C)[nH]c2nc1Cc1ccccc1. The van der Waals surface area contributed by atoms with Gasteiger partial charge in [-0.3, -0.25) is 0 Å². The van der Waals surface area contributed by atoms with Crippen molar-refractivity contribution < 1.29 is 4.74 Å². The molecule has 96 valence electrons. The fourth-order valence-electron chi connectivity index (χ4n) is 2.03. The predicted molar refractivity (Wildman–Crippen MR) is 72.2 cm³/mol. The van der Waals surface area contributed by atoms with Crippen LogP contribution in [0.15, 0.2) is 30.3 Å². The summed E-state index contributed by atoms with van der Waals surface area (Å²) in [4.78, 5) is 16.3. The minimum Gasteiger partial charge on any atom is -0.480 e. The summed E-state index contributed by atoms with van der Waals surface area (Å²) in [6.45, 7) is 1.88. The van der Waals surface area contributed by atoms with Gasteiger partial charge in [-0.2, -0.15) is 4.98 Å². The number of methoxy groups -OCH3 is 1. The molecule has 3 aromatic rings. The van der Waals surface area contributed by atoms with Crippen LogP contribution in [0.1, 0.15) is 17.1 Å². The third kappa shape index (κ3) is 2.27. The van der Waals surface area contributed by atoms with E-state index in [0.717, 1.165) is 11.5 Å². The molecule has 5 heteroatoms. The third-order valence-corrected chi connectivity index (χ3v) is 2.89. The highest BCUT2D eigenvalue weighted by Gasteiger charge is 2.12. The molecule has 2 heterocycles. The molecular weight excluding hydrogens is 240 g/mol. The highest BCUT2D eigenvalue weighted by Crippen LogP contribution is 2.20. The average Bonchev–Trinajstić information content (AvgIpc) is 2.78. The number of imidazole rings is 1. The zero-order chi connectivity index (χ0) is 13.2. The molecule has 0 saturated carbocycles. The van der Waals surface area contributed by atoms with Gasteiger partial charge in [-0.15, -0.1) is 0 Å².